The van der Waals surface area contributed by atoms with Crippen LogP contribution in [-0.4, -0.2) is 19.2 Å². The average Bonchev–Trinajstić information content (AvgIpc) is 2.34. The van der Waals surface area contributed by atoms with Gasteiger partial charge in [-0.15, -0.1) is 0 Å². The lowest BCUT2D eigenvalue weighted by Crippen LogP contribution is -2.07. The number of hydrogen-bond donors (Lipinski definition) is 0. The van der Waals surface area contributed by atoms with Gasteiger partial charge in [0.1, 0.15) is 0 Å². The molecule has 0 saturated heterocycles. The molecule has 0 spiro atoms. The third-order valence-corrected chi connectivity index (χ3v) is 2.70. The Morgan fingerprint density at radius 1 is 1.33 bits per heavy atom. The third-order valence-electron chi connectivity index (χ3n) is 2.09. The molecule has 1 aromatic carbocycles. The number of rotatable bonds is 6. The van der Waals surface area contributed by atoms with Crippen molar-refractivity contribution in [2.24, 2.45) is 0 Å². The van der Waals surface area contributed by atoms with Crippen LogP contribution in [0.25, 0.3) is 0 Å². The van der Waals surface area contributed by atoms with Gasteiger partial charge in [-0.2, -0.15) is 4.39 Å². The van der Waals surface area contributed by atoms with Gasteiger partial charge in [-0.3, -0.25) is 4.79 Å². The molecule has 0 heterocycles. The number of carbonyl (C=O) groups is 1. The fourth-order valence-corrected chi connectivity index (χ4v) is 1.56. The van der Waals surface area contributed by atoms with Crippen LogP contribution in [0.2, 0.25) is 0 Å². The molecule has 0 saturated carbocycles. The smallest absolute Gasteiger partial charge is 0.305 e. The van der Waals surface area contributed by atoms with E-state index in [2.05, 4.69) is 15.9 Å². The van der Waals surface area contributed by atoms with E-state index in [0.717, 1.165) is 0 Å². The van der Waals surface area contributed by atoms with Crippen LogP contribution in [0.5, 0.6) is 5.75 Å². The molecule has 0 unspecified atom stereocenters. The summed E-state index contributed by atoms with van der Waals surface area (Å²) in [5.41, 5.74) is 0. The maximum Gasteiger partial charge on any atom is 0.305 e. The zero-order valence-electron chi connectivity index (χ0n) is 9.84. The van der Waals surface area contributed by atoms with Crippen molar-refractivity contribution in [3.05, 3.63) is 28.2 Å². The van der Waals surface area contributed by atoms with E-state index >= 15 is 0 Å². The number of hydrogen-bond acceptors (Lipinski definition) is 3. The van der Waals surface area contributed by atoms with Crippen LogP contribution in [0, 0.1) is 11.6 Å². The summed E-state index contributed by atoms with van der Waals surface area (Å²) >= 11 is 2.87. The first kappa shape index (κ1) is 14.9. The van der Waals surface area contributed by atoms with Gasteiger partial charge in [-0.25, -0.2) is 4.39 Å². The zero-order chi connectivity index (χ0) is 13.5. The molecule has 6 heteroatoms. The Morgan fingerprint density at radius 3 is 2.72 bits per heavy atom. The molecule has 0 aliphatic carbocycles. The number of carbonyl (C=O) groups excluding carboxylic acids is 1. The number of halogens is 3. The minimum Gasteiger partial charge on any atom is -0.490 e. The highest BCUT2D eigenvalue weighted by Crippen LogP contribution is 2.26. The minimum absolute atomic E-state index is 0.0406. The molecule has 0 aliphatic rings. The van der Waals surface area contributed by atoms with E-state index in [9.17, 15) is 13.6 Å². The molecular weight excluding hydrogens is 310 g/mol. The molecular formula is C12H13BrF2O3. The summed E-state index contributed by atoms with van der Waals surface area (Å²) in [6.45, 7) is 2.16. The molecule has 1 aromatic rings. The van der Waals surface area contributed by atoms with Crippen molar-refractivity contribution in [3.63, 3.8) is 0 Å². The van der Waals surface area contributed by atoms with Crippen molar-refractivity contribution >= 4 is 21.9 Å². The van der Waals surface area contributed by atoms with Gasteiger partial charge in [0.15, 0.2) is 11.6 Å². The lowest BCUT2D eigenvalue weighted by molar-refractivity contribution is -0.143. The summed E-state index contributed by atoms with van der Waals surface area (Å²) in [7, 11) is 0. The van der Waals surface area contributed by atoms with Crippen LogP contribution in [0.3, 0.4) is 0 Å². The second kappa shape index (κ2) is 7.31. The van der Waals surface area contributed by atoms with Crippen molar-refractivity contribution < 1.29 is 23.0 Å². The Hall–Kier alpha value is -1.17. The fraction of sp³-hybridized carbons (Fsp3) is 0.417. The van der Waals surface area contributed by atoms with E-state index in [1.807, 2.05) is 0 Å². The third kappa shape index (κ3) is 4.25. The van der Waals surface area contributed by atoms with Gasteiger partial charge in [0.05, 0.1) is 17.7 Å². The molecule has 0 aromatic heterocycles. The van der Waals surface area contributed by atoms with Crippen molar-refractivity contribution in [1.29, 1.82) is 0 Å². The molecule has 0 radical (unpaired) electrons. The summed E-state index contributed by atoms with van der Waals surface area (Å²) < 4.78 is 36.3. The Balaban J connectivity index is 2.40. The highest BCUT2D eigenvalue weighted by molar-refractivity contribution is 9.10. The lowest BCUT2D eigenvalue weighted by atomic mass is 10.3. The topological polar surface area (TPSA) is 35.5 Å². The van der Waals surface area contributed by atoms with Crippen LogP contribution in [-0.2, 0) is 9.53 Å². The van der Waals surface area contributed by atoms with E-state index < -0.39 is 11.6 Å². The molecule has 0 fully saturated rings. The minimum atomic E-state index is -1.04. The summed E-state index contributed by atoms with van der Waals surface area (Å²) in [5, 5.41) is 0. The lowest BCUT2D eigenvalue weighted by Gasteiger charge is -2.08. The SMILES string of the molecule is CCOC(=O)CCCOc1ccc(Br)c(F)c1F. The largest absolute Gasteiger partial charge is 0.490 e. The normalized spacial score (nSPS) is 10.2. The summed E-state index contributed by atoms with van der Waals surface area (Å²) in [6.07, 6.45) is 0.574. The first-order valence-corrected chi connectivity index (χ1v) is 6.27. The zero-order valence-corrected chi connectivity index (χ0v) is 11.4. The van der Waals surface area contributed by atoms with Crippen LogP contribution in [0.4, 0.5) is 8.78 Å². The monoisotopic (exact) mass is 322 g/mol. The van der Waals surface area contributed by atoms with Gasteiger partial charge in [0.2, 0.25) is 5.82 Å². The maximum absolute atomic E-state index is 13.3. The van der Waals surface area contributed by atoms with E-state index in [-0.39, 0.29) is 29.2 Å². The second-order valence-corrected chi connectivity index (χ2v) is 4.28. The van der Waals surface area contributed by atoms with Crippen LogP contribution >= 0.6 is 15.9 Å². The number of esters is 1. The van der Waals surface area contributed by atoms with Gasteiger partial charge >= 0.3 is 5.97 Å². The maximum atomic E-state index is 13.3. The van der Waals surface area contributed by atoms with Crippen molar-refractivity contribution in [3.8, 4) is 5.75 Å². The van der Waals surface area contributed by atoms with Gasteiger partial charge in [0.25, 0.3) is 0 Å². The molecule has 18 heavy (non-hydrogen) atoms. The number of benzene rings is 1. The molecule has 0 aliphatic heterocycles. The molecule has 100 valence electrons. The van der Waals surface area contributed by atoms with Crippen molar-refractivity contribution in [1.82, 2.24) is 0 Å². The predicted molar refractivity (Wildman–Crippen MR) is 65.4 cm³/mol. The fourth-order valence-electron chi connectivity index (χ4n) is 1.25. The second-order valence-electron chi connectivity index (χ2n) is 3.43. The molecule has 3 nitrogen and oxygen atoms in total. The standard InChI is InChI=1S/C12H13BrF2O3/c1-2-17-10(16)4-3-7-18-9-6-5-8(13)11(14)12(9)15/h5-6H,2-4,7H2,1H3. The van der Waals surface area contributed by atoms with Crippen molar-refractivity contribution in [2.45, 2.75) is 19.8 Å². The van der Waals surface area contributed by atoms with Crippen LogP contribution < -0.4 is 4.74 Å². The Morgan fingerprint density at radius 2 is 2.06 bits per heavy atom. The van der Waals surface area contributed by atoms with Crippen LogP contribution in [0.15, 0.2) is 16.6 Å². The van der Waals surface area contributed by atoms with E-state index in [0.29, 0.717) is 13.0 Å². The Kier molecular flexibility index (Phi) is 6.04. The van der Waals surface area contributed by atoms with E-state index in [1.165, 1.54) is 12.1 Å². The predicted octanol–water partition coefficient (Wildman–Crippen LogP) is 3.45. The average molecular weight is 323 g/mol. The first-order chi connectivity index (χ1) is 8.56. The molecule has 0 N–H and O–H groups in total. The first-order valence-electron chi connectivity index (χ1n) is 5.48. The van der Waals surface area contributed by atoms with Gasteiger partial charge in [0, 0.05) is 6.42 Å². The highest BCUT2D eigenvalue weighted by atomic mass is 79.9. The van der Waals surface area contributed by atoms with E-state index in [1.54, 1.807) is 6.92 Å². The summed E-state index contributed by atoms with van der Waals surface area (Å²) in [4.78, 5) is 11.0. The molecule has 0 amide bonds. The van der Waals surface area contributed by atoms with E-state index in [4.69, 9.17) is 9.47 Å². The summed E-state index contributed by atoms with van der Waals surface area (Å²) in [5.74, 6) is -2.53. The Labute approximate surface area is 112 Å². The summed E-state index contributed by atoms with van der Waals surface area (Å²) in [6, 6.07) is 2.69. The molecule has 0 atom stereocenters. The number of ether oxygens (including phenoxy) is 2. The van der Waals surface area contributed by atoms with Gasteiger partial charge in [-0.05, 0) is 41.4 Å². The van der Waals surface area contributed by atoms with Gasteiger partial charge < -0.3 is 9.47 Å². The Bertz CT molecular complexity index is 424. The quantitative estimate of drug-likeness (QED) is 0.457. The molecule has 1 rings (SSSR count). The van der Waals surface area contributed by atoms with Crippen LogP contribution in [0.1, 0.15) is 19.8 Å². The molecule has 0 bridgehead atoms. The highest BCUT2D eigenvalue weighted by Gasteiger charge is 2.12. The van der Waals surface area contributed by atoms with Crippen molar-refractivity contribution in [2.75, 3.05) is 13.2 Å². The van der Waals surface area contributed by atoms with Gasteiger partial charge in [-0.1, -0.05) is 0 Å².